The van der Waals surface area contributed by atoms with Crippen molar-refractivity contribution >= 4 is 17.8 Å². The van der Waals surface area contributed by atoms with Crippen LogP contribution in [0.3, 0.4) is 0 Å². The molecule has 0 saturated heterocycles. The summed E-state index contributed by atoms with van der Waals surface area (Å²) >= 11 is 0. The number of hydrogen-bond donors (Lipinski definition) is 1. The summed E-state index contributed by atoms with van der Waals surface area (Å²) in [4.78, 5) is 23.8. The van der Waals surface area contributed by atoms with E-state index in [0.29, 0.717) is 11.5 Å². The number of hydrogen-bond acceptors (Lipinski definition) is 7. The number of esters is 1. The van der Waals surface area contributed by atoms with Crippen LogP contribution in [0, 0.1) is 0 Å². The van der Waals surface area contributed by atoms with Crippen LogP contribution in [0.1, 0.15) is 35.8 Å². The summed E-state index contributed by atoms with van der Waals surface area (Å²) in [5.74, 6) is 0.276. The van der Waals surface area contributed by atoms with Crippen LogP contribution in [0.5, 0.6) is 11.5 Å². The topological polar surface area (TPSA) is 99.9 Å². The summed E-state index contributed by atoms with van der Waals surface area (Å²) in [6, 6.07) is 6.29. The molecule has 2 aromatic rings. The van der Waals surface area contributed by atoms with E-state index >= 15 is 0 Å². The highest BCUT2D eigenvalue weighted by Gasteiger charge is 2.18. The number of amides is 1. The predicted molar refractivity (Wildman–Crippen MR) is 82.1 cm³/mol. The molecule has 1 aromatic carbocycles. The second kappa shape index (κ2) is 6.61. The summed E-state index contributed by atoms with van der Waals surface area (Å²) in [5, 5.41) is 6.30. The van der Waals surface area contributed by atoms with Gasteiger partial charge in [0, 0.05) is 6.07 Å². The molecule has 0 unspecified atom stereocenters. The monoisotopic (exact) mass is 332 g/mol. The van der Waals surface area contributed by atoms with E-state index in [-0.39, 0.29) is 24.2 Å². The number of aromatic nitrogens is 1. The molecule has 1 amide bonds. The fraction of sp³-hybridized carbons (Fsp3) is 0.312. The lowest BCUT2D eigenvalue weighted by Gasteiger charge is -2.05. The lowest BCUT2D eigenvalue weighted by molar-refractivity contribution is -0.119. The van der Waals surface area contributed by atoms with Crippen molar-refractivity contribution < 1.29 is 28.3 Å². The molecule has 126 valence electrons. The molecule has 1 aliphatic heterocycles. The maximum atomic E-state index is 12.0. The van der Waals surface area contributed by atoms with Crippen molar-refractivity contribution in [3.63, 3.8) is 0 Å². The molecular weight excluding hydrogens is 316 g/mol. The van der Waals surface area contributed by atoms with E-state index in [0.717, 1.165) is 5.69 Å². The molecule has 8 heteroatoms. The van der Waals surface area contributed by atoms with Gasteiger partial charge in [-0.3, -0.25) is 10.1 Å². The molecule has 1 N–H and O–H groups in total. The third-order valence-corrected chi connectivity index (χ3v) is 3.33. The lowest BCUT2D eigenvalue weighted by Crippen LogP contribution is -2.20. The first-order chi connectivity index (χ1) is 11.5. The summed E-state index contributed by atoms with van der Waals surface area (Å²) in [7, 11) is 0. The largest absolute Gasteiger partial charge is 0.454 e. The van der Waals surface area contributed by atoms with Crippen molar-refractivity contribution in [2.24, 2.45) is 0 Å². The number of rotatable bonds is 5. The Kier molecular flexibility index (Phi) is 4.37. The number of nitrogens with one attached hydrogen (secondary N) is 1. The Balaban J connectivity index is 1.53. The van der Waals surface area contributed by atoms with Gasteiger partial charge in [-0.15, -0.1) is 0 Å². The molecule has 0 radical (unpaired) electrons. The Bertz CT molecular complexity index is 768. The molecule has 3 rings (SSSR count). The molecule has 1 aromatic heterocycles. The smallest absolute Gasteiger partial charge is 0.338 e. The first-order valence-electron chi connectivity index (χ1n) is 7.36. The summed E-state index contributed by atoms with van der Waals surface area (Å²) in [6.07, 6.45) is 0. The van der Waals surface area contributed by atoms with Gasteiger partial charge >= 0.3 is 5.97 Å². The van der Waals surface area contributed by atoms with Gasteiger partial charge in [-0.05, 0) is 24.1 Å². The first-order valence-corrected chi connectivity index (χ1v) is 7.36. The molecule has 8 nitrogen and oxygen atoms in total. The van der Waals surface area contributed by atoms with Crippen LogP contribution in [0.25, 0.3) is 0 Å². The second-order valence-electron chi connectivity index (χ2n) is 5.46. The van der Waals surface area contributed by atoms with Crippen LogP contribution in [-0.2, 0) is 9.53 Å². The van der Waals surface area contributed by atoms with Crippen LogP contribution in [0.4, 0.5) is 5.88 Å². The maximum absolute atomic E-state index is 12.0. The zero-order chi connectivity index (χ0) is 17.1. The van der Waals surface area contributed by atoms with Crippen LogP contribution >= 0.6 is 0 Å². The van der Waals surface area contributed by atoms with Gasteiger partial charge in [-0.1, -0.05) is 19.0 Å². The number of ether oxygens (including phenoxy) is 3. The number of carbonyl (C=O) groups excluding carboxylic acids is 2. The van der Waals surface area contributed by atoms with Gasteiger partial charge in [0.25, 0.3) is 5.91 Å². The number of fused-ring (bicyclic) bond motifs is 1. The van der Waals surface area contributed by atoms with E-state index in [1.54, 1.807) is 18.2 Å². The van der Waals surface area contributed by atoms with Crippen LogP contribution in [-0.4, -0.2) is 30.4 Å². The van der Waals surface area contributed by atoms with Gasteiger partial charge in [0.2, 0.25) is 12.7 Å². The second-order valence-corrected chi connectivity index (χ2v) is 5.46. The van der Waals surface area contributed by atoms with E-state index in [4.69, 9.17) is 18.7 Å². The normalized spacial score (nSPS) is 12.3. The molecular formula is C16H16N2O6. The highest BCUT2D eigenvalue weighted by atomic mass is 16.7. The van der Waals surface area contributed by atoms with E-state index in [9.17, 15) is 9.59 Å². The van der Waals surface area contributed by atoms with E-state index < -0.39 is 18.5 Å². The zero-order valence-electron chi connectivity index (χ0n) is 13.2. The Morgan fingerprint density at radius 1 is 1.25 bits per heavy atom. The minimum atomic E-state index is -0.635. The van der Waals surface area contributed by atoms with Crippen molar-refractivity contribution in [3.8, 4) is 11.5 Å². The molecule has 0 bridgehead atoms. The molecule has 0 saturated carbocycles. The highest BCUT2D eigenvalue weighted by Crippen LogP contribution is 2.32. The summed E-state index contributed by atoms with van der Waals surface area (Å²) in [6.45, 7) is 3.59. The Morgan fingerprint density at radius 3 is 2.79 bits per heavy atom. The number of nitrogens with zero attached hydrogens (tertiary/aromatic N) is 1. The molecule has 0 aliphatic carbocycles. The third kappa shape index (κ3) is 3.48. The van der Waals surface area contributed by atoms with Gasteiger partial charge in [0.15, 0.2) is 18.1 Å². The average Bonchev–Trinajstić information content (AvgIpc) is 3.20. The predicted octanol–water partition coefficient (Wildman–Crippen LogP) is 2.32. The lowest BCUT2D eigenvalue weighted by atomic mass is 10.1. The van der Waals surface area contributed by atoms with Crippen LogP contribution < -0.4 is 14.8 Å². The average molecular weight is 332 g/mol. The van der Waals surface area contributed by atoms with Gasteiger partial charge in [-0.2, -0.15) is 0 Å². The first kappa shape index (κ1) is 15.9. The molecule has 0 atom stereocenters. The maximum Gasteiger partial charge on any atom is 0.338 e. The minimum absolute atomic E-state index is 0.117. The number of anilines is 1. The summed E-state index contributed by atoms with van der Waals surface area (Å²) < 4.78 is 20.3. The zero-order valence-corrected chi connectivity index (χ0v) is 13.2. The van der Waals surface area contributed by atoms with Gasteiger partial charge in [0.05, 0.1) is 11.3 Å². The van der Waals surface area contributed by atoms with Gasteiger partial charge in [0.1, 0.15) is 0 Å². The van der Waals surface area contributed by atoms with Crippen molar-refractivity contribution in [2.45, 2.75) is 19.8 Å². The molecule has 0 fully saturated rings. The third-order valence-electron chi connectivity index (χ3n) is 3.33. The van der Waals surface area contributed by atoms with Crippen molar-refractivity contribution in [1.82, 2.24) is 5.16 Å². The molecule has 1 aliphatic rings. The van der Waals surface area contributed by atoms with Crippen molar-refractivity contribution in [2.75, 3.05) is 18.7 Å². The fourth-order valence-electron chi connectivity index (χ4n) is 2.03. The van der Waals surface area contributed by atoms with Crippen LogP contribution in [0.15, 0.2) is 28.8 Å². The quantitative estimate of drug-likeness (QED) is 0.839. The van der Waals surface area contributed by atoms with Crippen LogP contribution in [0.2, 0.25) is 0 Å². The van der Waals surface area contributed by atoms with E-state index in [1.807, 2.05) is 13.8 Å². The standard InChI is InChI=1S/C16H16N2O6/c1-9(2)11-6-15(24-18-11)17-14(19)7-21-16(20)10-3-4-12-13(5-10)23-8-22-12/h3-6,9H,7-8H2,1-2H3,(H,17,19). The number of carbonyl (C=O) groups is 2. The molecule has 2 heterocycles. The summed E-state index contributed by atoms with van der Waals surface area (Å²) in [5.41, 5.74) is 0.997. The Hall–Kier alpha value is -3.03. The van der Waals surface area contributed by atoms with E-state index in [1.165, 1.54) is 6.07 Å². The van der Waals surface area contributed by atoms with E-state index in [2.05, 4.69) is 10.5 Å². The van der Waals surface area contributed by atoms with Gasteiger partial charge in [-0.25, -0.2) is 4.79 Å². The Morgan fingerprint density at radius 2 is 2.04 bits per heavy atom. The molecule has 0 spiro atoms. The Labute approximate surface area is 137 Å². The SMILES string of the molecule is CC(C)c1cc(NC(=O)COC(=O)c2ccc3c(c2)OCO3)on1. The minimum Gasteiger partial charge on any atom is -0.454 e. The fourth-order valence-corrected chi connectivity index (χ4v) is 2.03. The molecule has 24 heavy (non-hydrogen) atoms. The van der Waals surface area contributed by atoms with Crippen molar-refractivity contribution in [3.05, 3.63) is 35.5 Å². The number of benzene rings is 1. The highest BCUT2D eigenvalue weighted by molar-refractivity contribution is 5.95. The van der Waals surface area contributed by atoms with Crippen molar-refractivity contribution in [1.29, 1.82) is 0 Å². The van der Waals surface area contributed by atoms with Gasteiger partial charge < -0.3 is 18.7 Å².